The van der Waals surface area contributed by atoms with E-state index in [1.807, 2.05) is 0 Å². The first-order valence-electron chi connectivity index (χ1n) is 2.45. The summed E-state index contributed by atoms with van der Waals surface area (Å²) in [6, 6.07) is 0. The van der Waals surface area contributed by atoms with Crippen LogP contribution in [0.1, 0.15) is 0 Å². The standard InChI is InChI=1S/C5H6ClN3/c1-5(6)2-9-4-7-3-8-9/h3-4H,1-2H2. The molecule has 0 saturated carbocycles. The predicted octanol–water partition coefficient (Wildman–Crippen LogP) is 1.03. The maximum Gasteiger partial charge on any atom is 0.137 e. The molecule has 0 aliphatic rings. The molecule has 1 aromatic rings. The molecule has 0 unspecified atom stereocenters. The normalized spacial score (nSPS) is 9.44. The van der Waals surface area contributed by atoms with E-state index in [2.05, 4.69) is 16.7 Å². The summed E-state index contributed by atoms with van der Waals surface area (Å²) in [5.74, 6) is 0. The van der Waals surface area contributed by atoms with E-state index in [0.717, 1.165) is 0 Å². The highest BCUT2D eigenvalue weighted by molar-refractivity contribution is 6.29. The highest BCUT2D eigenvalue weighted by Crippen LogP contribution is 1.98. The van der Waals surface area contributed by atoms with E-state index in [0.29, 0.717) is 11.6 Å². The van der Waals surface area contributed by atoms with E-state index in [-0.39, 0.29) is 0 Å². The van der Waals surface area contributed by atoms with Gasteiger partial charge < -0.3 is 0 Å². The molecule has 4 heteroatoms. The molecule has 0 spiro atoms. The topological polar surface area (TPSA) is 30.7 Å². The van der Waals surface area contributed by atoms with Crippen molar-refractivity contribution in [2.75, 3.05) is 0 Å². The summed E-state index contributed by atoms with van der Waals surface area (Å²) in [6.45, 7) is 4.04. The number of allylic oxidation sites excluding steroid dienone is 1. The summed E-state index contributed by atoms with van der Waals surface area (Å²) in [4.78, 5) is 3.73. The van der Waals surface area contributed by atoms with Crippen LogP contribution in [0.4, 0.5) is 0 Å². The first kappa shape index (κ1) is 6.29. The lowest BCUT2D eigenvalue weighted by Crippen LogP contribution is -1.96. The lowest BCUT2D eigenvalue weighted by Gasteiger charge is -1.93. The number of rotatable bonds is 2. The van der Waals surface area contributed by atoms with Crippen LogP contribution >= 0.6 is 11.6 Å². The van der Waals surface area contributed by atoms with Crippen molar-refractivity contribution in [1.82, 2.24) is 14.8 Å². The van der Waals surface area contributed by atoms with Crippen molar-refractivity contribution in [3.63, 3.8) is 0 Å². The van der Waals surface area contributed by atoms with Crippen molar-refractivity contribution < 1.29 is 0 Å². The van der Waals surface area contributed by atoms with Crippen molar-refractivity contribution in [1.29, 1.82) is 0 Å². The third-order valence-electron chi connectivity index (χ3n) is 0.800. The van der Waals surface area contributed by atoms with E-state index in [1.165, 1.54) is 6.33 Å². The largest absolute Gasteiger partial charge is 0.248 e. The molecule has 0 aliphatic carbocycles. The summed E-state index contributed by atoms with van der Waals surface area (Å²) >= 11 is 5.49. The van der Waals surface area contributed by atoms with Crippen LogP contribution in [-0.2, 0) is 6.54 Å². The molecule has 0 aromatic carbocycles. The summed E-state index contributed by atoms with van der Waals surface area (Å²) < 4.78 is 1.61. The van der Waals surface area contributed by atoms with Crippen molar-refractivity contribution in [2.45, 2.75) is 6.54 Å². The third kappa shape index (κ3) is 1.85. The monoisotopic (exact) mass is 143 g/mol. The number of nitrogens with zero attached hydrogens (tertiary/aromatic N) is 3. The second kappa shape index (κ2) is 2.64. The quantitative estimate of drug-likeness (QED) is 0.619. The van der Waals surface area contributed by atoms with Crippen LogP contribution in [0.2, 0.25) is 0 Å². The molecular weight excluding hydrogens is 138 g/mol. The zero-order valence-electron chi connectivity index (χ0n) is 4.79. The number of hydrogen-bond donors (Lipinski definition) is 0. The zero-order valence-corrected chi connectivity index (χ0v) is 5.54. The van der Waals surface area contributed by atoms with Gasteiger partial charge in [-0.15, -0.1) is 0 Å². The molecule has 0 saturated heterocycles. The first-order valence-corrected chi connectivity index (χ1v) is 2.82. The molecule has 1 heterocycles. The van der Waals surface area contributed by atoms with Gasteiger partial charge in [-0.05, 0) is 0 Å². The first-order chi connectivity index (χ1) is 4.29. The molecule has 0 bridgehead atoms. The van der Waals surface area contributed by atoms with Gasteiger partial charge in [0.05, 0.1) is 6.54 Å². The Balaban J connectivity index is 2.58. The third-order valence-corrected chi connectivity index (χ3v) is 0.920. The highest BCUT2D eigenvalue weighted by atomic mass is 35.5. The van der Waals surface area contributed by atoms with Gasteiger partial charge in [-0.1, -0.05) is 18.2 Å². The smallest absolute Gasteiger partial charge is 0.137 e. The Labute approximate surface area is 58.0 Å². The molecule has 0 atom stereocenters. The molecule has 0 N–H and O–H groups in total. The van der Waals surface area contributed by atoms with Crippen molar-refractivity contribution in [3.05, 3.63) is 24.3 Å². The molecule has 1 aromatic heterocycles. The van der Waals surface area contributed by atoms with E-state index in [1.54, 1.807) is 11.0 Å². The lowest BCUT2D eigenvalue weighted by atomic mass is 10.6. The molecule has 9 heavy (non-hydrogen) atoms. The average Bonchev–Trinajstić information content (AvgIpc) is 2.15. The molecular formula is C5H6ClN3. The molecule has 0 fully saturated rings. The van der Waals surface area contributed by atoms with Crippen molar-refractivity contribution in [3.8, 4) is 0 Å². The second-order valence-corrected chi connectivity index (χ2v) is 2.14. The van der Waals surface area contributed by atoms with Gasteiger partial charge in [0.25, 0.3) is 0 Å². The van der Waals surface area contributed by atoms with Crippen LogP contribution < -0.4 is 0 Å². The van der Waals surface area contributed by atoms with Gasteiger partial charge in [-0.3, -0.25) is 0 Å². The minimum atomic E-state index is 0.529. The Hall–Kier alpha value is -0.830. The van der Waals surface area contributed by atoms with Gasteiger partial charge in [-0.25, -0.2) is 9.67 Å². The van der Waals surface area contributed by atoms with E-state index < -0.39 is 0 Å². The van der Waals surface area contributed by atoms with Gasteiger partial charge in [0.15, 0.2) is 0 Å². The van der Waals surface area contributed by atoms with Crippen LogP contribution in [0.15, 0.2) is 24.3 Å². The summed E-state index contributed by atoms with van der Waals surface area (Å²) in [6.07, 6.45) is 3.05. The minimum Gasteiger partial charge on any atom is -0.248 e. The van der Waals surface area contributed by atoms with Crippen LogP contribution in [0.5, 0.6) is 0 Å². The van der Waals surface area contributed by atoms with Gasteiger partial charge in [0.1, 0.15) is 12.7 Å². The maximum atomic E-state index is 5.49. The molecule has 3 nitrogen and oxygen atoms in total. The van der Waals surface area contributed by atoms with Gasteiger partial charge >= 0.3 is 0 Å². The SMILES string of the molecule is C=C(Cl)Cn1cncn1. The lowest BCUT2D eigenvalue weighted by molar-refractivity contribution is 0.693. The Morgan fingerprint density at radius 1 is 1.78 bits per heavy atom. The summed E-state index contributed by atoms with van der Waals surface area (Å²) in [7, 11) is 0. The Morgan fingerprint density at radius 3 is 3.00 bits per heavy atom. The van der Waals surface area contributed by atoms with Crippen LogP contribution in [0, 0.1) is 0 Å². The molecule has 0 radical (unpaired) electrons. The number of hydrogen-bond acceptors (Lipinski definition) is 2. The fourth-order valence-corrected chi connectivity index (χ4v) is 0.613. The molecule has 1 rings (SSSR count). The number of aromatic nitrogens is 3. The minimum absolute atomic E-state index is 0.529. The van der Waals surface area contributed by atoms with Gasteiger partial charge in [0, 0.05) is 5.03 Å². The van der Waals surface area contributed by atoms with Crippen molar-refractivity contribution in [2.24, 2.45) is 0 Å². The predicted molar refractivity (Wildman–Crippen MR) is 35.0 cm³/mol. The molecule has 0 aliphatic heterocycles. The van der Waals surface area contributed by atoms with Crippen LogP contribution in [-0.4, -0.2) is 14.8 Å². The van der Waals surface area contributed by atoms with Crippen molar-refractivity contribution >= 4 is 11.6 Å². The van der Waals surface area contributed by atoms with E-state index in [4.69, 9.17) is 11.6 Å². The fraction of sp³-hybridized carbons (Fsp3) is 0.200. The Morgan fingerprint density at radius 2 is 2.56 bits per heavy atom. The second-order valence-electron chi connectivity index (χ2n) is 1.61. The Bertz CT molecular complexity index is 192. The summed E-state index contributed by atoms with van der Waals surface area (Å²) in [5.41, 5.74) is 0. The Kier molecular flexibility index (Phi) is 1.85. The highest BCUT2D eigenvalue weighted by Gasteiger charge is 1.89. The zero-order chi connectivity index (χ0) is 6.69. The van der Waals surface area contributed by atoms with Crippen LogP contribution in [0.3, 0.4) is 0 Å². The van der Waals surface area contributed by atoms with E-state index >= 15 is 0 Å². The fourth-order valence-electron chi connectivity index (χ4n) is 0.490. The average molecular weight is 144 g/mol. The van der Waals surface area contributed by atoms with Gasteiger partial charge in [-0.2, -0.15) is 5.10 Å². The summed E-state index contributed by atoms with van der Waals surface area (Å²) in [5, 5.41) is 4.37. The molecule has 48 valence electrons. The maximum absolute atomic E-state index is 5.49. The number of halogens is 1. The molecule has 0 amide bonds. The van der Waals surface area contributed by atoms with Gasteiger partial charge in [0.2, 0.25) is 0 Å². The van der Waals surface area contributed by atoms with E-state index in [9.17, 15) is 0 Å². The van der Waals surface area contributed by atoms with Crippen LogP contribution in [0.25, 0.3) is 0 Å².